The molecule has 1 aromatic heterocycles. The van der Waals surface area contributed by atoms with E-state index in [1.165, 1.54) is 4.68 Å². The molecular formula is C16H19N3O4S. The third-order valence-electron chi connectivity index (χ3n) is 4.09. The number of rotatable bonds is 4. The Hall–Kier alpha value is -2.22. The van der Waals surface area contributed by atoms with Gasteiger partial charge in [0.25, 0.3) is 11.5 Å². The second-order valence-corrected chi connectivity index (χ2v) is 8.22. The van der Waals surface area contributed by atoms with Crippen LogP contribution >= 0.6 is 0 Å². The molecule has 1 saturated heterocycles. The lowest BCUT2D eigenvalue weighted by molar-refractivity contribution is 0.0935. The highest BCUT2D eigenvalue weighted by Gasteiger charge is 2.30. The number of amides is 1. The smallest absolute Gasteiger partial charge is 0.274 e. The van der Waals surface area contributed by atoms with E-state index >= 15 is 0 Å². The van der Waals surface area contributed by atoms with Gasteiger partial charge in [0.2, 0.25) is 0 Å². The van der Waals surface area contributed by atoms with Crippen molar-refractivity contribution < 1.29 is 13.2 Å². The third kappa shape index (κ3) is 3.19. The normalized spacial score (nSPS) is 19.5. The van der Waals surface area contributed by atoms with Crippen LogP contribution in [0.3, 0.4) is 0 Å². The van der Waals surface area contributed by atoms with Gasteiger partial charge in [-0.05, 0) is 18.9 Å². The van der Waals surface area contributed by atoms with Crippen molar-refractivity contribution in [1.29, 1.82) is 0 Å². The molecule has 128 valence electrons. The van der Waals surface area contributed by atoms with Gasteiger partial charge in [-0.25, -0.2) is 13.1 Å². The lowest BCUT2D eigenvalue weighted by Crippen LogP contribution is -2.37. The molecule has 0 saturated carbocycles. The van der Waals surface area contributed by atoms with E-state index in [2.05, 4.69) is 10.4 Å². The number of aromatic nitrogens is 2. The molecule has 0 bridgehead atoms. The first-order chi connectivity index (χ1) is 11.4. The summed E-state index contributed by atoms with van der Waals surface area (Å²) >= 11 is 0. The van der Waals surface area contributed by atoms with E-state index in [-0.39, 0.29) is 22.8 Å². The summed E-state index contributed by atoms with van der Waals surface area (Å²) in [6, 6.07) is 6.42. The molecule has 0 aliphatic carbocycles. The first kappa shape index (κ1) is 16.6. The first-order valence-electron chi connectivity index (χ1n) is 7.92. The number of fused-ring (bicyclic) bond motifs is 1. The van der Waals surface area contributed by atoms with Crippen LogP contribution in [0.1, 0.15) is 30.3 Å². The van der Waals surface area contributed by atoms with Crippen LogP contribution in [-0.2, 0) is 16.4 Å². The first-order valence-corrected chi connectivity index (χ1v) is 9.74. The van der Waals surface area contributed by atoms with Gasteiger partial charge in [-0.15, -0.1) is 0 Å². The SMILES string of the molecule is CCCn1nc(C(=O)NC2CCS(=O)(=O)C2)c2ccccc2c1=O. The van der Waals surface area contributed by atoms with E-state index in [9.17, 15) is 18.0 Å². The minimum atomic E-state index is -3.08. The van der Waals surface area contributed by atoms with Crippen molar-refractivity contribution in [1.82, 2.24) is 15.1 Å². The summed E-state index contributed by atoms with van der Waals surface area (Å²) in [5, 5.41) is 7.86. The predicted molar refractivity (Wildman–Crippen MR) is 90.8 cm³/mol. The molecule has 1 N–H and O–H groups in total. The van der Waals surface area contributed by atoms with E-state index in [0.29, 0.717) is 30.2 Å². The van der Waals surface area contributed by atoms with E-state index in [0.717, 1.165) is 0 Å². The molecule has 1 fully saturated rings. The van der Waals surface area contributed by atoms with Gasteiger partial charge in [-0.3, -0.25) is 9.59 Å². The standard InChI is InChI=1S/C16H19N3O4S/c1-2-8-19-16(21)13-6-4-3-5-12(13)14(18-19)15(20)17-11-7-9-24(22,23)10-11/h3-6,11H,2,7-10H2,1H3,(H,17,20). The van der Waals surface area contributed by atoms with Crippen molar-refractivity contribution in [3.05, 3.63) is 40.3 Å². The number of sulfone groups is 1. The van der Waals surface area contributed by atoms with Gasteiger partial charge in [0, 0.05) is 18.0 Å². The molecule has 1 atom stereocenters. The molecule has 2 heterocycles. The molecule has 8 heteroatoms. The van der Waals surface area contributed by atoms with Crippen LogP contribution in [0, 0.1) is 0 Å². The van der Waals surface area contributed by atoms with E-state index in [1.807, 2.05) is 6.92 Å². The highest BCUT2D eigenvalue weighted by molar-refractivity contribution is 7.91. The quantitative estimate of drug-likeness (QED) is 0.877. The van der Waals surface area contributed by atoms with Gasteiger partial charge in [-0.1, -0.05) is 25.1 Å². The summed E-state index contributed by atoms with van der Waals surface area (Å²) in [6.07, 6.45) is 1.12. The predicted octanol–water partition coefficient (Wildman–Crippen LogP) is 0.723. The minimum Gasteiger partial charge on any atom is -0.347 e. The van der Waals surface area contributed by atoms with E-state index < -0.39 is 21.8 Å². The molecule has 24 heavy (non-hydrogen) atoms. The Bertz CT molecular complexity index is 949. The zero-order valence-electron chi connectivity index (χ0n) is 13.4. The molecule has 1 amide bonds. The Morgan fingerprint density at radius 3 is 2.67 bits per heavy atom. The number of hydrogen-bond acceptors (Lipinski definition) is 5. The van der Waals surface area contributed by atoms with Gasteiger partial charge in [-0.2, -0.15) is 5.10 Å². The topological polar surface area (TPSA) is 98.1 Å². The van der Waals surface area contributed by atoms with Gasteiger partial charge >= 0.3 is 0 Å². The lowest BCUT2D eigenvalue weighted by atomic mass is 10.1. The number of nitrogens with zero attached hydrogens (tertiary/aromatic N) is 2. The second-order valence-electron chi connectivity index (χ2n) is 6.00. The fourth-order valence-electron chi connectivity index (χ4n) is 2.93. The van der Waals surface area contributed by atoms with Crippen LogP contribution in [0.25, 0.3) is 10.8 Å². The summed E-state index contributed by atoms with van der Waals surface area (Å²) < 4.78 is 24.4. The molecule has 7 nitrogen and oxygen atoms in total. The largest absolute Gasteiger partial charge is 0.347 e. The molecule has 0 radical (unpaired) electrons. The highest BCUT2D eigenvalue weighted by atomic mass is 32.2. The van der Waals surface area contributed by atoms with Gasteiger partial charge in [0.1, 0.15) is 0 Å². The number of nitrogens with one attached hydrogen (secondary N) is 1. The van der Waals surface area contributed by atoms with Crippen molar-refractivity contribution >= 4 is 26.5 Å². The van der Waals surface area contributed by atoms with Crippen molar-refractivity contribution in [3.8, 4) is 0 Å². The van der Waals surface area contributed by atoms with E-state index in [4.69, 9.17) is 0 Å². The maximum absolute atomic E-state index is 12.6. The molecule has 2 aromatic rings. The van der Waals surface area contributed by atoms with Gasteiger partial charge in [0.15, 0.2) is 15.5 Å². The molecule has 1 aliphatic rings. The second kappa shape index (κ2) is 6.35. The summed E-state index contributed by atoms with van der Waals surface area (Å²) in [7, 11) is -3.08. The van der Waals surface area contributed by atoms with Crippen molar-refractivity contribution in [2.24, 2.45) is 0 Å². The Morgan fingerprint density at radius 2 is 2.04 bits per heavy atom. The molecule has 1 unspecified atom stereocenters. The Balaban J connectivity index is 2.00. The number of aryl methyl sites for hydroxylation is 1. The highest BCUT2D eigenvalue weighted by Crippen LogP contribution is 2.16. The zero-order valence-corrected chi connectivity index (χ0v) is 14.2. The van der Waals surface area contributed by atoms with Gasteiger partial charge < -0.3 is 5.32 Å². The average Bonchev–Trinajstić information content (AvgIpc) is 2.89. The maximum Gasteiger partial charge on any atom is 0.274 e. The summed E-state index contributed by atoms with van der Waals surface area (Å²) in [4.78, 5) is 25.0. The number of carbonyl (C=O) groups excluding carboxylic acids is 1. The molecule has 0 spiro atoms. The van der Waals surface area contributed by atoms with Gasteiger partial charge in [0.05, 0.1) is 16.9 Å². The molecular weight excluding hydrogens is 330 g/mol. The van der Waals surface area contributed by atoms with Crippen molar-refractivity contribution in [2.45, 2.75) is 32.4 Å². The Labute approximate surface area is 139 Å². The lowest BCUT2D eigenvalue weighted by Gasteiger charge is -2.13. The van der Waals surface area contributed by atoms with Crippen LogP contribution in [-0.4, -0.2) is 41.7 Å². The fraction of sp³-hybridized carbons (Fsp3) is 0.438. The molecule has 1 aliphatic heterocycles. The summed E-state index contributed by atoms with van der Waals surface area (Å²) in [6.45, 7) is 2.34. The zero-order chi connectivity index (χ0) is 17.3. The van der Waals surface area contributed by atoms with Crippen LogP contribution in [0.15, 0.2) is 29.1 Å². The number of carbonyl (C=O) groups is 1. The van der Waals surface area contributed by atoms with Crippen LogP contribution in [0.2, 0.25) is 0 Å². The number of hydrogen-bond donors (Lipinski definition) is 1. The maximum atomic E-state index is 12.6. The Morgan fingerprint density at radius 1 is 1.33 bits per heavy atom. The van der Waals surface area contributed by atoms with E-state index in [1.54, 1.807) is 24.3 Å². The number of benzene rings is 1. The van der Waals surface area contributed by atoms with Crippen LogP contribution in [0.5, 0.6) is 0 Å². The van der Waals surface area contributed by atoms with Crippen molar-refractivity contribution in [3.63, 3.8) is 0 Å². The molecule has 1 aromatic carbocycles. The Kier molecular flexibility index (Phi) is 4.40. The fourth-order valence-corrected chi connectivity index (χ4v) is 4.60. The monoisotopic (exact) mass is 349 g/mol. The summed E-state index contributed by atoms with van der Waals surface area (Å²) in [5.74, 6) is -0.412. The minimum absolute atomic E-state index is 0.0503. The van der Waals surface area contributed by atoms with Crippen molar-refractivity contribution in [2.75, 3.05) is 11.5 Å². The van der Waals surface area contributed by atoms with Crippen LogP contribution < -0.4 is 10.9 Å². The molecule has 3 rings (SSSR count). The average molecular weight is 349 g/mol. The summed E-state index contributed by atoms with van der Waals surface area (Å²) in [5.41, 5.74) is -0.0737. The third-order valence-corrected chi connectivity index (χ3v) is 5.85. The van der Waals surface area contributed by atoms with Crippen LogP contribution in [0.4, 0.5) is 0 Å².